The Kier molecular flexibility index (Phi) is 6.24. The first-order valence-corrected chi connectivity index (χ1v) is 12.1. The third kappa shape index (κ3) is 4.36. The van der Waals surface area contributed by atoms with Crippen molar-refractivity contribution >= 4 is 27.2 Å². The van der Waals surface area contributed by atoms with E-state index in [2.05, 4.69) is 5.32 Å². The second-order valence-electron chi connectivity index (χ2n) is 7.93. The van der Waals surface area contributed by atoms with Crippen LogP contribution in [0.4, 0.5) is 5.69 Å². The summed E-state index contributed by atoms with van der Waals surface area (Å²) in [5, 5.41) is 2.73. The summed E-state index contributed by atoms with van der Waals surface area (Å²) in [5.74, 6) is 0.0809. The molecule has 6 nitrogen and oxygen atoms in total. The number of nitrogens with one attached hydrogen (secondary N) is 1. The third-order valence-electron chi connectivity index (χ3n) is 5.60. The average molecular weight is 463 g/mol. The van der Waals surface area contributed by atoms with Crippen LogP contribution < -0.4 is 14.4 Å². The molecule has 7 heteroatoms. The van der Waals surface area contributed by atoms with Gasteiger partial charge in [0.2, 0.25) is 0 Å². The normalized spacial score (nSPS) is 14.6. The molecule has 0 radical (unpaired) electrons. The number of carbonyl (C=O) groups excluding carboxylic acids is 1. The number of hydrogen-bond acceptors (Lipinski definition) is 4. The van der Waals surface area contributed by atoms with Crippen LogP contribution >= 0.6 is 0 Å². The fourth-order valence-corrected chi connectivity index (χ4v) is 5.45. The number of amides is 1. The van der Waals surface area contributed by atoms with E-state index in [9.17, 15) is 13.2 Å². The summed E-state index contributed by atoms with van der Waals surface area (Å²) >= 11 is 0. The highest BCUT2D eigenvalue weighted by atomic mass is 32.2. The Balaban J connectivity index is 1.65. The van der Waals surface area contributed by atoms with E-state index in [1.807, 2.05) is 74.5 Å². The fraction of sp³-hybridized carbons (Fsp3) is 0.192. The van der Waals surface area contributed by atoms with Gasteiger partial charge >= 0.3 is 0 Å². The zero-order valence-corrected chi connectivity index (χ0v) is 19.6. The van der Waals surface area contributed by atoms with Crippen LogP contribution in [0.25, 0.3) is 5.57 Å². The third-order valence-corrected chi connectivity index (χ3v) is 7.43. The predicted octanol–water partition coefficient (Wildman–Crippen LogP) is 4.04. The number of para-hydroxylation sites is 1. The minimum Gasteiger partial charge on any atom is -0.491 e. The van der Waals surface area contributed by atoms with Crippen molar-refractivity contribution in [3.63, 3.8) is 0 Å². The zero-order chi connectivity index (χ0) is 23.6. The van der Waals surface area contributed by atoms with Crippen molar-refractivity contribution < 1.29 is 17.9 Å². The molecule has 0 fully saturated rings. The molecular weight excluding hydrogens is 436 g/mol. The van der Waals surface area contributed by atoms with Crippen molar-refractivity contribution in [3.05, 3.63) is 100.0 Å². The zero-order valence-electron chi connectivity index (χ0n) is 18.8. The van der Waals surface area contributed by atoms with E-state index in [0.29, 0.717) is 22.4 Å². The molecule has 1 heterocycles. The topological polar surface area (TPSA) is 75.7 Å². The monoisotopic (exact) mass is 462 g/mol. The molecule has 33 heavy (non-hydrogen) atoms. The second-order valence-corrected chi connectivity index (χ2v) is 9.84. The Bertz CT molecular complexity index is 1330. The summed E-state index contributed by atoms with van der Waals surface area (Å²) < 4.78 is 33.8. The predicted molar refractivity (Wildman–Crippen MR) is 131 cm³/mol. The van der Waals surface area contributed by atoms with Gasteiger partial charge in [-0.25, -0.2) is 8.42 Å². The second kappa shape index (κ2) is 9.11. The maximum atomic E-state index is 13.4. The molecule has 0 saturated carbocycles. The molecule has 0 aliphatic carbocycles. The summed E-state index contributed by atoms with van der Waals surface area (Å²) in [6.45, 7) is 4.35. The molecule has 0 bridgehead atoms. The number of carbonyl (C=O) groups is 1. The number of rotatable bonds is 6. The maximum absolute atomic E-state index is 13.4. The number of hydrogen-bond donors (Lipinski definition) is 1. The van der Waals surface area contributed by atoms with Gasteiger partial charge in [-0.1, -0.05) is 66.2 Å². The average Bonchev–Trinajstić information content (AvgIpc) is 2.80. The van der Waals surface area contributed by atoms with E-state index in [1.165, 1.54) is 7.05 Å². The molecule has 0 atom stereocenters. The van der Waals surface area contributed by atoms with Crippen LogP contribution in [0.2, 0.25) is 0 Å². The standard InChI is InChI=1S/C26H26N2O4S/c1-18-13-14-23(19(2)17-18)32-16-15-27-26(29)25-24(20-9-5-4-6-10-20)21-11-7-8-12-22(21)28(3)33(25,30)31/h4-14,17H,15-16H2,1-3H3,(H,27,29). The first-order chi connectivity index (χ1) is 15.8. The number of benzene rings is 3. The Labute approximate surface area is 194 Å². The van der Waals surface area contributed by atoms with Crippen LogP contribution in [-0.4, -0.2) is 34.5 Å². The highest BCUT2D eigenvalue weighted by molar-refractivity contribution is 7.97. The van der Waals surface area contributed by atoms with Crippen molar-refractivity contribution in [1.82, 2.24) is 5.32 Å². The van der Waals surface area contributed by atoms with E-state index in [-0.39, 0.29) is 18.1 Å². The lowest BCUT2D eigenvalue weighted by atomic mass is 9.95. The van der Waals surface area contributed by atoms with Gasteiger partial charge in [-0.15, -0.1) is 0 Å². The van der Waals surface area contributed by atoms with Gasteiger partial charge in [0.05, 0.1) is 12.2 Å². The Morgan fingerprint density at radius 3 is 2.39 bits per heavy atom. The molecule has 0 saturated heterocycles. The number of nitrogens with zero attached hydrogens (tertiary/aromatic N) is 1. The van der Waals surface area contributed by atoms with Gasteiger partial charge in [-0.3, -0.25) is 9.10 Å². The lowest BCUT2D eigenvalue weighted by Crippen LogP contribution is -2.40. The van der Waals surface area contributed by atoms with Crippen molar-refractivity contribution in [3.8, 4) is 5.75 Å². The molecular formula is C26H26N2O4S. The first-order valence-electron chi connectivity index (χ1n) is 10.7. The highest BCUT2D eigenvalue weighted by Crippen LogP contribution is 2.41. The van der Waals surface area contributed by atoms with Crippen LogP contribution in [0.5, 0.6) is 5.75 Å². The highest BCUT2D eigenvalue weighted by Gasteiger charge is 2.39. The maximum Gasteiger partial charge on any atom is 0.270 e. The van der Waals surface area contributed by atoms with Gasteiger partial charge in [0, 0.05) is 18.2 Å². The van der Waals surface area contributed by atoms with Gasteiger partial charge in [-0.2, -0.15) is 0 Å². The Morgan fingerprint density at radius 1 is 0.970 bits per heavy atom. The van der Waals surface area contributed by atoms with Crippen molar-refractivity contribution in [2.24, 2.45) is 0 Å². The summed E-state index contributed by atoms with van der Waals surface area (Å²) in [6, 6.07) is 22.2. The largest absolute Gasteiger partial charge is 0.491 e. The van der Waals surface area contributed by atoms with Crippen molar-refractivity contribution in [2.45, 2.75) is 13.8 Å². The van der Waals surface area contributed by atoms with Crippen LogP contribution in [-0.2, 0) is 14.8 Å². The van der Waals surface area contributed by atoms with Gasteiger partial charge in [-0.05, 0) is 37.1 Å². The minimum absolute atomic E-state index is 0.165. The quantitative estimate of drug-likeness (QED) is 0.561. The SMILES string of the molecule is Cc1ccc(OCCNC(=O)C2=C(c3ccccc3)c3ccccc3N(C)S2(=O)=O)c(C)c1. The van der Waals surface area contributed by atoms with E-state index in [4.69, 9.17) is 4.74 Å². The molecule has 1 N–H and O–H groups in total. The number of sulfonamides is 1. The van der Waals surface area contributed by atoms with Gasteiger partial charge < -0.3 is 10.1 Å². The summed E-state index contributed by atoms with van der Waals surface area (Å²) in [4.78, 5) is 13.0. The number of fused-ring (bicyclic) bond motifs is 1. The van der Waals surface area contributed by atoms with Gasteiger partial charge in [0.1, 0.15) is 12.4 Å². The molecule has 0 spiro atoms. The molecule has 1 aliphatic rings. The Hall–Kier alpha value is -3.58. The molecule has 0 unspecified atom stereocenters. The van der Waals surface area contributed by atoms with E-state index >= 15 is 0 Å². The summed E-state index contributed by atoms with van der Waals surface area (Å²) in [6.07, 6.45) is 0. The smallest absolute Gasteiger partial charge is 0.270 e. The molecule has 3 aromatic carbocycles. The lowest BCUT2D eigenvalue weighted by Gasteiger charge is -2.30. The molecule has 170 valence electrons. The Morgan fingerprint density at radius 2 is 1.67 bits per heavy atom. The summed E-state index contributed by atoms with van der Waals surface area (Å²) in [7, 11) is -2.59. The van der Waals surface area contributed by atoms with Crippen LogP contribution in [0.1, 0.15) is 22.3 Å². The van der Waals surface area contributed by atoms with Crippen LogP contribution in [0, 0.1) is 13.8 Å². The van der Waals surface area contributed by atoms with E-state index < -0.39 is 15.9 Å². The molecule has 3 aromatic rings. The minimum atomic E-state index is -4.05. The van der Waals surface area contributed by atoms with E-state index in [1.54, 1.807) is 12.1 Å². The number of aryl methyl sites for hydroxylation is 2. The van der Waals surface area contributed by atoms with Crippen LogP contribution in [0.15, 0.2) is 77.7 Å². The van der Waals surface area contributed by atoms with E-state index in [0.717, 1.165) is 21.2 Å². The fourth-order valence-electron chi connectivity index (χ4n) is 3.97. The van der Waals surface area contributed by atoms with Crippen molar-refractivity contribution in [2.75, 3.05) is 24.5 Å². The summed E-state index contributed by atoms with van der Waals surface area (Å²) in [5.41, 5.74) is 4.43. The molecule has 4 rings (SSSR count). The lowest BCUT2D eigenvalue weighted by molar-refractivity contribution is -0.116. The molecule has 0 aromatic heterocycles. The number of anilines is 1. The molecule has 1 aliphatic heterocycles. The number of ether oxygens (including phenoxy) is 1. The first kappa shape index (κ1) is 22.6. The van der Waals surface area contributed by atoms with Crippen molar-refractivity contribution in [1.29, 1.82) is 0 Å². The van der Waals surface area contributed by atoms with Gasteiger partial charge in [0.25, 0.3) is 15.9 Å². The van der Waals surface area contributed by atoms with Gasteiger partial charge in [0.15, 0.2) is 4.91 Å². The molecule has 1 amide bonds. The van der Waals surface area contributed by atoms with Crippen LogP contribution in [0.3, 0.4) is 0 Å².